The SMILES string of the molecule is COc1cccc(N)c1C(=O)OCc1cccc(F)c1F. The second-order valence-corrected chi connectivity index (χ2v) is 4.21. The van der Waals surface area contributed by atoms with Crippen LogP contribution in [0.1, 0.15) is 15.9 Å². The van der Waals surface area contributed by atoms with E-state index in [1.807, 2.05) is 0 Å². The van der Waals surface area contributed by atoms with Crippen LogP contribution in [0.3, 0.4) is 0 Å². The highest BCUT2D eigenvalue weighted by Crippen LogP contribution is 2.25. The summed E-state index contributed by atoms with van der Waals surface area (Å²) in [4.78, 5) is 12.0. The van der Waals surface area contributed by atoms with E-state index >= 15 is 0 Å². The molecule has 0 spiro atoms. The third-order valence-electron chi connectivity index (χ3n) is 2.87. The molecule has 0 unspecified atom stereocenters. The van der Waals surface area contributed by atoms with Gasteiger partial charge in [-0.25, -0.2) is 13.6 Å². The number of hydrogen-bond donors (Lipinski definition) is 1. The van der Waals surface area contributed by atoms with Crippen molar-refractivity contribution in [1.82, 2.24) is 0 Å². The molecule has 0 saturated heterocycles. The van der Waals surface area contributed by atoms with Gasteiger partial charge in [0.2, 0.25) is 0 Å². The molecule has 0 aliphatic rings. The Morgan fingerprint density at radius 1 is 1.19 bits per heavy atom. The maximum atomic E-state index is 13.5. The highest BCUT2D eigenvalue weighted by atomic mass is 19.2. The highest BCUT2D eigenvalue weighted by molar-refractivity contribution is 5.98. The quantitative estimate of drug-likeness (QED) is 0.695. The maximum absolute atomic E-state index is 13.5. The number of ether oxygens (including phenoxy) is 2. The Kier molecular flexibility index (Phi) is 4.37. The number of carbonyl (C=O) groups is 1. The van der Waals surface area contributed by atoms with Crippen molar-refractivity contribution in [2.24, 2.45) is 0 Å². The smallest absolute Gasteiger partial charge is 0.344 e. The Morgan fingerprint density at radius 2 is 1.90 bits per heavy atom. The lowest BCUT2D eigenvalue weighted by Gasteiger charge is -2.11. The first kappa shape index (κ1) is 14.8. The third-order valence-corrected chi connectivity index (χ3v) is 2.87. The van der Waals surface area contributed by atoms with Crippen molar-refractivity contribution in [1.29, 1.82) is 0 Å². The fourth-order valence-electron chi connectivity index (χ4n) is 1.81. The van der Waals surface area contributed by atoms with E-state index in [-0.39, 0.29) is 22.6 Å². The van der Waals surface area contributed by atoms with Gasteiger partial charge in [-0.2, -0.15) is 0 Å². The number of nitrogens with two attached hydrogens (primary N) is 1. The van der Waals surface area contributed by atoms with Gasteiger partial charge in [-0.1, -0.05) is 18.2 Å². The van der Waals surface area contributed by atoms with Crippen molar-refractivity contribution in [3.63, 3.8) is 0 Å². The predicted octanol–water partition coefficient (Wildman–Crippen LogP) is 2.91. The molecule has 0 radical (unpaired) electrons. The van der Waals surface area contributed by atoms with E-state index in [4.69, 9.17) is 15.2 Å². The van der Waals surface area contributed by atoms with Gasteiger partial charge in [-0.15, -0.1) is 0 Å². The first-order valence-electron chi connectivity index (χ1n) is 6.07. The lowest BCUT2D eigenvalue weighted by Crippen LogP contribution is -2.11. The molecule has 21 heavy (non-hydrogen) atoms. The van der Waals surface area contributed by atoms with Gasteiger partial charge in [0.25, 0.3) is 0 Å². The molecule has 2 N–H and O–H groups in total. The van der Waals surface area contributed by atoms with Crippen molar-refractivity contribution < 1.29 is 23.0 Å². The van der Waals surface area contributed by atoms with Crippen LogP contribution in [0.15, 0.2) is 36.4 Å². The molecule has 2 aromatic carbocycles. The zero-order valence-corrected chi connectivity index (χ0v) is 11.2. The number of halogens is 2. The van der Waals surface area contributed by atoms with E-state index in [0.717, 1.165) is 6.07 Å². The van der Waals surface area contributed by atoms with Crippen LogP contribution >= 0.6 is 0 Å². The molecule has 2 rings (SSSR count). The Balaban J connectivity index is 2.18. The highest BCUT2D eigenvalue weighted by Gasteiger charge is 2.18. The number of carbonyl (C=O) groups excluding carboxylic acids is 1. The molecule has 2 aromatic rings. The number of rotatable bonds is 4. The summed E-state index contributed by atoms with van der Waals surface area (Å²) >= 11 is 0. The first-order chi connectivity index (χ1) is 10.0. The van der Waals surface area contributed by atoms with Crippen LogP contribution in [0.25, 0.3) is 0 Å². The van der Waals surface area contributed by atoms with E-state index in [1.165, 1.54) is 25.3 Å². The van der Waals surface area contributed by atoms with E-state index in [9.17, 15) is 13.6 Å². The summed E-state index contributed by atoms with van der Waals surface area (Å²) in [5.41, 5.74) is 5.88. The van der Waals surface area contributed by atoms with Crippen molar-refractivity contribution in [3.8, 4) is 5.75 Å². The molecule has 0 saturated carbocycles. The molecule has 0 amide bonds. The normalized spacial score (nSPS) is 10.2. The van der Waals surface area contributed by atoms with Gasteiger partial charge in [-0.05, 0) is 18.2 Å². The molecular formula is C15H13F2NO3. The standard InChI is InChI=1S/C15H13F2NO3/c1-20-12-7-3-6-11(18)13(12)15(19)21-8-9-4-2-5-10(16)14(9)17/h2-7H,8,18H2,1H3. The zero-order valence-electron chi connectivity index (χ0n) is 11.2. The van der Waals surface area contributed by atoms with Crippen molar-refractivity contribution in [3.05, 3.63) is 59.2 Å². The predicted molar refractivity (Wildman–Crippen MR) is 72.9 cm³/mol. The average molecular weight is 293 g/mol. The lowest BCUT2D eigenvalue weighted by molar-refractivity contribution is 0.0466. The minimum absolute atomic E-state index is 0.0526. The number of esters is 1. The average Bonchev–Trinajstić information content (AvgIpc) is 2.48. The second-order valence-electron chi connectivity index (χ2n) is 4.21. The Bertz CT molecular complexity index is 674. The van der Waals surface area contributed by atoms with Gasteiger partial charge in [0.1, 0.15) is 17.9 Å². The molecular weight excluding hydrogens is 280 g/mol. The molecule has 0 fully saturated rings. The molecule has 0 aliphatic carbocycles. The van der Waals surface area contributed by atoms with Crippen LogP contribution < -0.4 is 10.5 Å². The molecule has 0 atom stereocenters. The van der Waals surface area contributed by atoms with E-state index < -0.39 is 24.2 Å². The molecule has 110 valence electrons. The number of nitrogen functional groups attached to an aromatic ring is 1. The Morgan fingerprint density at radius 3 is 2.62 bits per heavy atom. The van der Waals surface area contributed by atoms with E-state index in [0.29, 0.717) is 0 Å². The minimum atomic E-state index is -1.04. The van der Waals surface area contributed by atoms with Crippen LogP contribution in [-0.2, 0) is 11.3 Å². The second kappa shape index (κ2) is 6.21. The largest absolute Gasteiger partial charge is 0.496 e. The van der Waals surface area contributed by atoms with Crippen LogP contribution in [0.2, 0.25) is 0 Å². The summed E-state index contributed by atoms with van der Waals surface area (Å²) in [5, 5.41) is 0. The summed E-state index contributed by atoms with van der Waals surface area (Å²) < 4.78 is 36.5. The lowest BCUT2D eigenvalue weighted by atomic mass is 10.1. The summed E-state index contributed by atoms with van der Waals surface area (Å²) in [7, 11) is 1.39. The molecule has 4 nitrogen and oxygen atoms in total. The van der Waals surface area contributed by atoms with Crippen LogP contribution in [0.5, 0.6) is 5.75 Å². The summed E-state index contributed by atoms with van der Waals surface area (Å²) in [6.07, 6.45) is 0. The van der Waals surface area contributed by atoms with Gasteiger partial charge in [-0.3, -0.25) is 0 Å². The fraction of sp³-hybridized carbons (Fsp3) is 0.133. The van der Waals surface area contributed by atoms with Gasteiger partial charge >= 0.3 is 5.97 Å². The molecule has 0 aromatic heterocycles. The van der Waals surface area contributed by atoms with E-state index in [1.54, 1.807) is 12.1 Å². The summed E-state index contributed by atoms with van der Waals surface area (Å²) in [5.74, 6) is -2.56. The van der Waals surface area contributed by atoms with Gasteiger partial charge in [0, 0.05) is 11.3 Å². The van der Waals surface area contributed by atoms with Crippen molar-refractivity contribution in [2.45, 2.75) is 6.61 Å². The number of anilines is 1. The topological polar surface area (TPSA) is 61.5 Å². The Hall–Kier alpha value is -2.63. The number of hydrogen-bond acceptors (Lipinski definition) is 4. The van der Waals surface area contributed by atoms with Gasteiger partial charge in [0.05, 0.1) is 7.11 Å². The van der Waals surface area contributed by atoms with Crippen molar-refractivity contribution >= 4 is 11.7 Å². The van der Waals surface area contributed by atoms with Gasteiger partial charge in [0.15, 0.2) is 11.6 Å². The first-order valence-corrected chi connectivity index (χ1v) is 6.07. The number of methoxy groups -OCH3 is 1. The van der Waals surface area contributed by atoms with Crippen LogP contribution in [-0.4, -0.2) is 13.1 Å². The van der Waals surface area contributed by atoms with Crippen molar-refractivity contribution in [2.75, 3.05) is 12.8 Å². The number of benzene rings is 2. The van der Waals surface area contributed by atoms with E-state index in [2.05, 4.69) is 0 Å². The van der Waals surface area contributed by atoms with Crippen LogP contribution in [0.4, 0.5) is 14.5 Å². The van der Waals surface area contributed by atoms with Gasteiger partial charge < -0.3 is 15.2 Å². The van der Waals surface area contributed by atoms with Crippen LogP contribution in [0, 0.1) is 11.6 Å². The fourth-order valence-corrected chi connectivity index (χ4v) is 1.81. The summed E-state index contributed by atoms with van der Waals surface area (Å²) in [6, 6.07) is 8.34. The monoisotopic (exact) mass is 293 g/mol. The molecule has 0 heterocycles. The zero-order chi connectivity index (χ0) is 15.4. The third kappa shape index (κ3) is 3.10. The molecule has 0 bridgehead atoms. The summed E-state index contributed by atoms with van der Waals surface area (Å²) in [6.45, 7) is -0.403. The molecule has 0 aliphatic heterocycles. The maximum Gasteiger partial charge on any atom is 0.344 e. The minimum Gasteiger partial charge on any atom is -0.496 e. The Labute approximate surface area is 120 Å². The molecule has 6 heteroatoms.